The summed E-state index contributed by atoms with van der Waals surface area (Å²) in [6.45, 7) is 1.18. The average Bonchev–Trinajstić information content (AvgIpc) is 2.47. The normalized spacial score (nSPS) is 13.1. The van der Waals surface area contributed by atoms with Crippen molar-refractivity contribution >= 4 is 11.9 Å². The minimum absolute atomic E-state index is 0.0592. The molecule has 0 bridgehead atoms. The summed E-state index contributed by atoms with van der Waals surface area (Å²) >= 11 is 0. The molecule has 0 spiro atoms. The number of nitrogens with one attached hydrogen (secondary N) is 1. The molecule has 0 aromatic heterocycles. The van der Waals surface area contributed by atoms with Crippen molar-refractivity contribution in [2.45, 2.75) is 25.5 Å². The number of hydrogen-bond acceptors (Lipinski definition) is 5. The standard InChI is InChI=1S/C14H19NO6/c1-9(13(17)15-12(7-8-16)14(18)19)21-11-5-3-10(20-2)4-6-11/h3-6,9,12,16H,7-8H2,1-2H3,(H,15,17)(H,18,19)/t9?,12-/m0/s1. The van der Waals surface area contributed by atoms with Crippen LogP contribution in [-0.4, -0.2) is 48.0 Å². The number of carbonyl (C=O) groups excluding carboxylic acids is 1. The highest BCUT2D eigenvalue weighted by Gasteiger charge is 2.23. The summed E-state index contributed by atoms with van der Waals surface area (Å²) in [6, 6.07) is 5.53. The van der Waals surface area contributed by atoms with Crippen LogP contribution in [0.2, 0.25) is 0 Å². The second kappa shape index (κ2) is 8.11. The zero-order chi connectivity index (χ0) is 15.8. The molecule has 116 valence electrons. The van der Waals surface area contributed by atoms with Gasteiger partial charge in [0.25, 0.3) is 5.91 Å². The van der Waals surface area contributed by atoms with Gasteiger partial charge in [-0.3, -0.25) is 4.79 Å². The summed E-state index contributed by atoms with van der Waals surface area (Å²) in [5, 5.41) is 20.0. The Morgan fingerprint density at radius 3 is 2.29 bits per heavy atom. The van der Waals surface area contributed by atoms with Crippen LogP contribution < -0.4 is 14.8 Å². The van der Waals surface area contributed by atoms with Crippen molar-refractivity contribution in [3.8, 4) is 11.5 Å². The third-order valence-corrected chi connectivity index (χ3v) is 2.77. The van der Waals surface area contributed by atoms with Crippen molar-refractivity contribution < 1.29 is 29.3 Å². The van der Waals surface area contributed by atoms with E-state index in [0.717, 1.165) is 0 Å². The summed E-state index contributed by atoms with van der Waals surface area (Å²) in [4.78, 5) is 22.8. The van der Waals surface area contributed by atoms with E-state index in [0.29, 0.717) is 11.5 Å². The molecule has 0 saturated heterocycles. The third-order valence-electron chi connectivity index (χ3n) is 2.77. The highest BCUT2D eigenvalue weighted by atomic mass is 16.5. The van der Waals surface area contributed by atoms with Crippen molar-refractivity contribution in [2.24, 2.45) is 0 Å². The molecule has 0 heterocycles. The Morgan fingerprint density at radius 1 is 1.24 bits per heavy atom. The van der Waals surface area contributed by atoms with Gasteiger partial charge in [0.15, 0.2) is 6.10 Å². The largest absolute Gasteiger partial charge is 0.497 e. The Labute approximate surface area is 122 Å². The molecule has 0 radical (unpaired) electrons. The Bertz CT molecular complexity index is 473. The van der Waals surface area contributed by atoms with Gasteiger partial charge in [-0.25, -0.2) is 4.79 Å². The van der Waals surface area contributed by atoms with E-state index >= 15 is 0 Å². The molecule has 0 aliphatic heterocycles. The minimum Gasteiger partial charge on any atom is -0.497 e. The summed E-state index contributed by atoms with van der Waals surface area (Å²) in [5.41, 5.74) is 0. The van der Waals surface area contributed by atoms with Crippen LogP contribution in [0.5, 0.6) is 11.5 Å². The summed E-state index contributed by atoms with van der Waals surface area (Å²) in [7, 11) is 1.54. The molecule has 1 amide bonds. The van der Waals surface area contributed by atoms with Crippen LogP contribution in [0.1, 0.15) is 13.3 Å². The van der Waals surface area contributed by atoms with Gasteiger partial charge in [0.1, 0.15) is 17.5 Å². The molecule has 1 aromatic rings. The zero-order valence-corrected chi connectivity index (χ0v) is 11.9. The first kappa shape index (κ1) is 16.8. The number of carboxylic acid groups (broad SMARTS) is 1. The van der Waals surface area contributed by atoms with Gasteiger partial charge >= 0.3 is 5.97 Å². The van der Waals surface area contributed by atoms with Crippen molar-refractivity contribution in [1.82, 2.24) is 5.32 Å². The molecule has 0 aliphatic rings. The first-order valence-corrected chi connectivity index (χ1v) is 6.42. The van der Waals surface area contributed by atoms with E-state index in [2.05, 4.69) is 5.32 Å². The number of ether oxygens (including phenoxy) is 2. The molecular formula is C14H19NO6. The van der Waals surface area contributed by atoms with Crippen LogP contribution in [0.15, 0.2) is 24.3 Å². The maximum absolute atomic E-state index is 11.9. The lowest BCUT2D eigenvalue weighted by atomic mass is 10.2. The van der Waals surface area contributed by atoms with Gasteiger partial charge < -0.3 is 25.0 Å². The highest BCUT2D eigenvalue weighted by Crippen LogP contribution is 2.18. The van der Waals surface area contributed by atoms with Crippen molar-refractivity contribution in [2.75, 3.05) is 13.7 Å². The summed E-state index contributed by atoms with van der Waals surface area (Å²) in [6.07, 6.45) is -0.921. The summed E-state index contributed by atoms with van der Waals surface area (Å²) < 4.78 is 10.4. The monoisotopic (exact) mass is 297 g/mol. The van der Waals surface area contributed by atoms with E-state index in [1.54, 1.807) is 31.4 Å². The predicted molar refractivity (Wildman–Crippen MR) is 74.4 cm³/mol. The average molecular weight is 297 g/mol. The van der Waals surface area contributed by atoms with Gasteiger partial charge in [0, 0.05) is 13.0 Å². The van der Waals surface area contributed by atoms with Gasteiger partial charge in [-0.2, -0.15) is 0 Å². The molecule has 0 saturated carbocycles. The fourth-order valence-electron chi connectivity index (χ4n) is 1.59. The van der Waals surface area contributed by atoms with Crippen molar-refractivity contribution in [3.05, 3.63) is 24.3 Å². The fourth-order valence-corrected chi connectivity index (χ4v) is 1.59. The van der Waals surface area contributed by atoms with Gasteiger partial charge in [0.05, 0.1) is 7.11 Å². The lowest BCUT2D eigenvalue weighted by molar-refractivity contribution is -0.143. The molecule has 0 fully saturated rings. The van der Waals surface area contributed by atoms with E-state index in [1.807, 2.05) is 0 Å². The van der Waals surface area contributed by atoms with Gasteiger partial charge in [-0.1, -0.05) is 0 Å². The van der Waals surface area contributed by atoms with Gasteiger partial charge in [-0.15, -0.1) is 0 Å². The van der Waals surface area contributed by atoms with Crippen LogP contribution in [0, 0.1) is 0 Å². The molecule has 0 aliphatic carbocycles. The first-order valence-electron chi connectivity index (χ1n) is 6.42. The topological polar surface area (TPSA) is 105 Å². The third kappa shape index (κ3) is 5.31. The van der Waals surface area contributed by atoms with Crippen molar-refractivity contribution in [1.29, 1.82) is 0 Å². The molecule has 21 heavy (non-hydrogen) atoms. The maximum Gasteiger partial charge on any atom is 0.326 e. The van der Waals surface area contributed by atoms with E-state index < -0.39 is 24.0 Å². The summed E-state index contributed by atoms with van der Waals surface area (Å²) in [5.74, 6) is -0.637. The number of benzene rings is 1. The number of hydrogen-bond donors (Lipinski definition) is 3. The van der Waals surface area contributed by atoms with E-state index in [4.69, 9.17) is 19.7 Å². The maximum atomic E-state index is 11.9. The van der Waals surface area contributed by atoms with Crippen LogP contribution in [0.25, 0.3) is 0 Å². The number of amides is 1. The fraction of sp³-hybridized carbons (Fsp3) is 0.429. The zero-order valence-electron chi connectivity index (χ0n) is 11.9. The molecule has 1 aromatic carbocycles. The Balaban J connectivity index is 2.58. The lowest BCUT2D eigenvalue weighted by Gasteiger charge is -2.18. The molecule has 1 rings (SSSR count). The van der Waals surface area contributed by atoms with E-state index in [-0.39, 0.29) is 13.0 Å². The molecular weight excluding hydrogens is 278 g/mol. The number of aliphatic hydroxyl groups is 1. The van der Waals surface area contributed by atoms with Gasteiger partial charge in [0.2, 0.25) is 0 Å². The van der Waals surface area contributed by atoms with Crippen LogP contribution >= 0.6 is 0 Å². The molecule has 1 unspecified atom stereocenters. The Kier molecular flexibility index (Phi) is 6.48. The van der Waals surface area contributed by atoms with E-state index in [9.17, 15) is 9.59 Å². The molecule has 3 N–H and O–H groups in total. The molecule has 2 atom stereocenters. The van der Waals surface area contributed by atoms with Crippen LogP contribution in [-0.2, 0) is 9.59 Å². The van der Waals surface area contributed by atoms with Crippen molar-refractivity contribution in [3.63, 3.8) is 0 Å². The molecule has 7 heteroatoms. The van der Waals surface area contributed by atoms with Crippen LogP contribution in [0.4, 0.5) is 0 Å². The number of rotatable bonds is 8. The lowest BCUT2D eigenvalue weighted by Crippen LogP contribution is -2.46. The number of carboxylic acids is 1. The SMILES string of the molecule is COc1ccc(OC(C)C(=O)N[C@@H](CCO)C(=O)O)cc1. The Morgan fingerprint density at radius 2 is 1.81 bits per heavy atom. The quantitative estimate of drug-likeness (QED) is 0.642. The van der Waals surface area contributed by atoms with Crippen LogP contribution in [0.3, 0.4) is 0 Å². The second-order valence-corrected chi connectivity index (χ2v) is 4.35. The Hall–Kier alpha value is -2.28. The predicted octanol–water partition coefficient (Wildman–Crippen LogP) is 0.414. The van der Waals surface area contributed by atoms with E-state index in [1.165, 1.54) is 6.92 Å². The second-order valence-electron chi connectivity index (χ2n) is 4.35. The molecule has 7 nitrogen and oxygen atoms in total. The smallest absolute Gasteiger partial charge is 0.326 e. The minimum atomic E-state index is -1.20. The first-order chi connectivity index (χ1) is 9.97. The number of carbonyl (C=O) groups is 2. The number of aliphatic hydroxyl groups excluding tert-OH is 1. The number of methoxy groups -OCH3 is 1. The van der Waals surface area contributed by atoms with Gasteiger partial charge in [-0.05, 0) is 31.2 Å². The highest BCUT2D eigenvalue weighted by molar-refractivity contribution is 5.86. The number of aliphatic carboxylic acids is 1.